The van der Waals surface area contributed by atoms with Gasteiger partial charge in [0.1, 0.15) is 5.57 Å². The molecule has 6 rings (SSSR count). The number of para-hydroxylation sites is 1. The maximum absolute atomic E-state index is 13.4. The highest BCUT2D eigenvalue weighted by Crippen LogP contribution is 2.36. The summed E-state index contributed by atoms with van der Waals surface area (Å²) in [6.07, 6.45) is 3.40. The first kappa shape index (κ1) is 21.9. The van der Waals surface area contributed by atoms with E-state index >= 15 is 0 Å². The van der Waals surface area contributed by atoms with Crippen molar-refractivity contribution in [2.24, 2.45) is 0 Å². The van der Waals surface area contributed by atoms with Gasteiger partial charge in [-0.15, -0.1) is 0 Å². The van der Waals surface area contributed by atoms with E-state index in [1.54, 1.807) is 12.1 Å². The largest absolute Gasteiger partial charge is 0.454 e. The van der Waals surface area contributed by atoms with Gasteiger partial charge in [0, 0.05) is 40.3 Å². The van der Waals surface area contributed by atoms with E-state index in [4.69, 9.17) is 21.1 Å². The molecule has 2 aliphatic rings. The van der Waals surface area contributed by atoms with Gasteiger partial charge in [0.25, 0.3) is 11.8 Å². The number of fused-ring (bicyclic) bond motifs is 2. The molecular formula is C27H18ClN3O5. The van der Waals surface area contributed by atoms with Crippen LogP contribution in [0.15, 0.2) is 78.5 Å². The fourth-order valence-corrected chi connectivity index (χ4v) is 4.51. The topological polar surface area (TPSA) is 89.9 Å². The van der Waals surface area contributed by atoms with Crippen LogP contribution in [0.25, 0.3) is 17.0 Å². The second-order valence-corrected chi connectivity index (χ2v) is 8.79. The molecule has 4 aromatic rings. The summed E-state index contributed by atoms with van der Waals surface area (Å²) in [7, 11) is 0. The number of carbonyl (C=O) groups is 3. The van der Waals surface area contributed by atoms with E-state index in [2.05, 4.69) is 5.32 Å². The quantitative estimate of drug-likeness (QED) is 0.323. The van der Waals surface area contributed by atoms with Crippen molar-refractivity contribution in [2.75, 3.05) is 11.7 Å². The number of benzene rings is 3. The first-order chi connectivity index (χ1) is 17.5. The van der Waals surface area contributed by atoms with Crippen LogP contribution < -0.4 is 19.7 Å². The van der Waals surface area contributed by atoms with Gasteiger partial charge in [-0.25, -0.2) is 9.69 Å². The SMILES string of the molecule is O=C1NC(=O)N(c2ccc3c(c2)OCO3)C(=O)/C1=C/c1cn(Cc2ccc(Cl)cc2)c2ccccc12. The highest BCUT2D eigenvalue weighted by Gasteiger charge is 2.37. The first-order valence-electron chi connectivity index (χ1n) is 11.1. The Kier molecular flexibility index (Phi) is 5.23. The van der Waals surface area contributed by atoms with Crippen molar-refractivity contribution in [2.45, 2.75) is 6.54 Å². The van der Waals surface area contributed by atoms with Crippen LogP contribution in [-0.4, -0.2) is 29.2 Å². The van der Waals surface area contributed by atoms with Gasteiger partial charge in [-0.05, 0) is 42.0 Å². The van der Waals surface area contributed by atoms with Gasteiger partial charge in [-0.1, -0.05) is 41.9 Å². The number of nitrogens with one attached hydrogen (secondary N) is 1. The summed E-state index contributed by atoms with van der Waals surface area (Å²) < 4.78 is 12.7. The van der Waals surface area contributed by atoms with Crippen LogP contribution in [0.4, 0.5) is 10.5 Å². The molecule has 0 aliphatic carbocycles. The number of nitrogens with zero attached hydrogens (tertiary/aromatic N) is 2. The molecule has 3 aromatic carbocycles. The number of urea groups is 1. The van der Waals surface area contributed by atoms with Gasteiger partial charge in [0.05, 0.1) is 5.69 Å². The molecule has 0 saturated carbocycles. The van der Waals surface area contributed by atoms with E-state index in [1.807, 2.05) is 59.3 Å². The average molecular weight is 500 g/mol. The Morgan fingerprint density at radius 1 is 0.944 bits per heavy atom. The zero-order chi connectivity index (χ0) is 24.8. The maximum Gasteiger partial charge on any atom is 0.335 e. The van der Waals surface area contributed by atoms with E-state index in [0.29, 0.717) is 28.6 Å². The number of barbiturate groups is 1. The third-order valence-electron chi connectivity index (χ3n) is 6.10. The summed E-state index contributed by atoms with van der Waals surface area (Å²) in [5.41, 5.74) is 2.78. The van der Waals surface area contributed by atoms with E-state index in [-0.39, 0.29) is 18.1 Å². The monoisotopic (exact) mass is 499 g/mol. The van der Waals surface area contributed by atoms with Crippen molar-refractivity contribution >= 4 is 52.1 Å². The third kappa shape index (κ3) is 3.77. The molecular weight excluding hydrogens is 482 g/mol. The van der Waals surface area contributed by atoms with Gasteiger partial charge >= 0.3 is 6.03 Å². The lowest BCUT2D eigenvalue weighted by molar-refractivity contribution is -0.122. The molecule has 0 atom stereocenters. The maximum atomic E-state index is 13.4. The lowest BCUT2D eigenvalue weighted by Crippen LogP contribution is -2.54. The molecule has 3 heterocycles. The summed E-state index contributed by atoms with van der Waals surface area (Å²) in [5.74, 6) is -0.543. The van der Waals surface area contributed by atoms with E-state index in [9.17, 15) is 14.4 Å². The van der Waals surface area contributed by atoms with Crippen LogP contribution in [0, 0.1) is 0 Å². The van der Waals surface area contributed by atoms with Crippen LogP contribution in [0.3, 0.4) is 0 Å². The third-order valence-corrected chi connectivity index (χ3v) is 6.35. The standard InChI is InChI=1S/C27H18ClN3O5/c28-18-7-5-16(6-8-18)13-30-14-17(20-3-1-2-4-22(20)30)11-21-25(32)29-27(34)31(26(21)33)19-9-10-23-24(12-19)36-15-35-23/h1-12,14H,13,15H2,(H,29,32,34)/b21-11+. The van der Waals surface area contributed by atoms with Crippen molar-refractivity contribution in [3.8, 4) is 11.5 Å². The number of hydrogen-bond donors (Lipinski definition) is 1. The fourth-order valence-electron chi connectivity index (χ4n) is 4.38. The van der Waals surface area contributed by atoms with Gasteiger partial charge in [-0.2, -0.15) is 0 Å². The van der Waals surface area contributed by atoms with Gasteiger partial charge in [-0.3, -0.25) is 14.9 Å². The number of aromatic nitrogens is 1. The van der Waals surface area contributed by atoms with E-state index in [1.165, 1.54) is 12.1 Å². The number of halogens is 1. The Bertz CT molecular complexity index is 1590. The van der Waals surface area contributed by atoms with Crippen molar-refractivity contribution in [1.29, 1.82) is 0 Å². The summed E-state index contributed by atoms with van der Waals surface area (Å²) in [6.45, 7) is 0.630. The number of carbonyl (C=O) groups excluding carboxylic acids is 3. The van der Waals surface area contributed by atoms with Crippen molar-refractivity contribution < 1.29 is 23.9 Å². The molecule has 1 fully saturated rings. The summed E-state index contributed by atoms with van der Waals surface area (Å²) >= 11 is 6.02. The molecule has 178 valence electrons. The number of hydrogen-bond acceptors (Lipinski definition) is 5. The Labute approximate surface area is 210 Å². The second kappa shape index (κ2) is 8.58. The number of anilines is 1. The van der Waals surface area contributed by atoms with Crippen molar-refractivity contribution in [3.05, 3.63) is 94.6 Å². The average Bonchev–Trinajstić information content (AvgIpc) is 3.47. The predicted molar refractivity (Wildman–Crippen MR) is 134 cm³/mol. The highest BCUT2D eigenvalue weighted by atomic mass is 35.5. The summed E-state index contributed by atoms with van der Waals surface area (Å²) in [4.78, 5) is 39.7. The Hall–Kier alpha value is -4.56. The molecule has 2 aliphatic heterocycles. The zero-order valence-electron chi connectivity index (χ0n) is 18.7. The molecule has 0 spiro atoms. The predicted octanol–water partition coefficient (Wildman–Crippen LogP) is 4.74. The molecule has 1 N–H and O–H groups in total. The molecule has 4 amide bonds. The zero-order valence-corrected chi connectivity index (χ0v) is 19.5. The second-order valence-electron chi connectivity index (χ2n) is 8.35. The normalized spacial score (nSPS) is 16.2. The van der Waals surface area contributed by atoms with Gasteiger partial charge < -0.3 is 14.0 Å². The molecule has 1 aromatic heterocycles. The molecule has 0 unspecified atom stereocenters. The van der Waals surface area contributed by atoms with Crippen LogP contribution in [0.5, 0.6) is 11.5 Å². The number of ether oxygens (including phenoxy) is 2. The minimum atomic E-state index is -0.828. The van der Waals surface area contributed by atoms with Crippen LogP contribution in [0.2, 0.25) is 5.02 Å². The minimum absolute atomic E-state index is 0.0582. The van der Waals surface area contributed by atoms with Crippen LogP contribution in [-0.2, 0) is 16.1 Å². The highest BCUT2D eigenvalue weighted by molar-refractivity contribution is 6.39. The minimum Gasteiger partial charge on any atom is -0.454 e. The number of rotatable bonds is 4. The van der Waals surface area contributed by atoms with E-state index in [0.717, 1.165) is 21.4 Å². The molecule has 1 saturated heterocycles. The smallest absolute Gasteiger partial charge is 0.335 e. The van der Waals surface area contributed by atoms with Gasteiger partial charge in [0.15, 0.2) is 11.5 Å². The Morgan fingerprint density at radius 2 is 1.72 bits per heavy atom. The molecule has 0 bridgehead atoms. The summed E-state index contributed by atoms with van der Waals surface area (Å²) in [5, 5.41) is 3.79. The molecule has 36 heavy (non-hydrogen) atoms. The lowest BCUT2D eigenvalue weighted by Gasteiger charge is -2.26. The summed E-state index contributed by atoms with van der Waals surface area (Å²) in [6, 6.07) is 19.2. The molecule has 0 radical (unpaired) electrons. The molecule has 9 heteroatoms. The Morgan fingerprint density at radius 3 is 2.56 bits per heavy atom. The first-order valence-corrected chi connectivity index (χ1v) is 11.5. The van der Waals surface area contributed by atoms with Crippen LogP contribution in [0.1, 0.15) is 11.1 Å². The van der Waals surface area contributed by atoms with Crippen molar-refractivity contribution in [3.63, 3.8) is 0 Å². The van der Waals surface area contributed by atoms with E-state index < -0.39 is 17.8 Å². The molecule has 8 nitrogen and oxygen atoms in total. The van der Waals surface area contributed by atoms with Crippen LogP contribution >= 0.6 is 11.6 Å². The number of imide groups is 2. The van der Waals surface area contributed by atoms with Crippen molar-refractivity contribution in [1.82, 2.24) is 9.88 Å². The lowest BCUT2D eigenvalue weighted by atomic mass is 10.1. The fraction of sp³-hybridized carbons (Fsp3) is 0.0741. The number of amides is 4. The van der Waals surface area contributed by atoms with Gasteiger partial charge in [0.2, 0.25) is 6.79 Å². The Balaban J connectivity index is 1.39.